The van der Waals surface area contributed by atoms with Crippen molar-refractivity contribution in [1.82, 2.24) is 14.3 Å². The molecule has 2 aliphatic rings. The lowest BCUT2D eigenvalue weighted by Gasteiger charge is -2.37. The molecule has 3 aromatic carbocycles. The van der Waals surface area contributed by atoms with E-state index in [2.05, 4.69) is 46.1 Å². The van der Waals surface area contributed by atoms with E-state index in [1.165, 1.54) is 5.69 Å². The van der Waals surface area contributed by atoms with E-state index in [0.717, 1.165) is 55.3 Å². The maximum atomic E-state index is 12.7. The third-order valence-corrected chi connectivity index (χ3v) is 8.37. The second-order valence-corrected chi connectivity index (χ2v) is 11.1. The molecule has 3 heterocycles. The van der Waals surface area contributed by atoms with Crippen molar-refractivity contribution in [3.05, 3.63) is 100 Å². The van der Waals surface area contributed by atoms with Crippen LogP contribution in [0, 0.1) is 0 Å². The van der Waals surface area contributed by atoms with Crippen molar-refractivity contribution < 1.29 is 14.2 Å². The molecule has 42 heavy (non-hydrogen) atoms. The van der Waals surface area contributed by atoms with Gasteiger partial charge in [-0.2, -0.15) is 5.10 Å². The number of anilines is 2. The second-order valence-electron chi connectivity index (χ2n) is 10.7. The van der Waals surface area contributed by atoms with E-state index >= 15 is 0 Å². The average Bonchev–Trinajstić information content (AvgIpc) is 3.67. The molecule has 6 rings (SSSR count). The molecule has 0 N–H and O–H groups in total. The Morgan fingerprint density at radius 1 is 0.929 bits per heavy atom. The van der Waals surface area contributed by atoms with Crippen LogP contribution in [0.3, 0.4) is 0 Å². The van der Waals surface area contributed by atoms with Gasteiger partial charge in [-0.1, -0.05) is 36.7 Å². The molecule has 2 aliphatic heterocycles. The molecule has 1 aromatic heterocycles. The van der Waals surface area contributed by atoms with Gasteiger partial charge in [-0.15, -0.1) is 0 Å². The molecule has 0 radical (unpaired) electrons. The van der Waals surface area contributed by atoms with E-state index in [1.54, 1.807) is 15.6 Å². The zero-order valence-corrected chi connectivity index (χ0v) is 24.7. The summed E-state index contributed by atoms with van der Waals surface area (Å²) in [5, 5.41) is 4.93. The Labute approximate surface area is 250 Å². The highest BCUT2D eigenvalue weighted by atomic mass is 35.5. The molecule has 220 valence electrons. The topological polar surface area (TPSA) is 74.0 Å². The molecule has 0 aliphatic carbocycles. The predicted octanol–water partition coefficient (Wildman–Crippen LogP) is 5.48. The molecular weight excluding hydrogens is 554 g/mol. The minimum Gasteiger partial charge on any atom is -0.491 e. The zero-order valence-electron chi connectivity index (χ0n) is 23.9. The maximum absolute atomic E-state index is 12.7. The van der Waals surface area contributed by atoms with Gasteiger partial charge in [0.15, 0.2) is 6.29 Å². The van der Waals surface area contributed by atoms with Crippen LogP contribution in [-0.2, 0) is 9.47 Å². The van der Waals surface area contributed by atoms with Gasteiger partial charge in [0.1, 0.15) is 24.8 Å². The minimum absolute atomic E-state index is 0.0773. The summed E-state index contributed by atoms with van der Waals surface area (Å²) in [5.74, 6) is 0.802. The van der Waals surface area contributed by atoms with Crippen LogP contribution in [-0.4, -0.2) is 59.8 Å². The van der Waals surface area contributed by atoms with Gasteiger partial charge in [0.05, 0.1) is 18.3 Å². The molecule has 3 atom stereocenters. The van der Waals surface area contributed by atoms with E-state index < -0.39 is 6.29 Å². The number of halogens is 1. The normalized spacial score (nSPS) is 19.7. The Morgan fingerprint density at radius 3 is 2.19 bits per heavy atom. The molecule has 0 amide bonds. The molecule has 2 saturated heterocycles. The van der Waals surface area contributed by atoms with Crippen molar-refractivity contribution in [1.29, 1.82) is 0 Å². The number of piperazine rings is 1. The van der Waals surface area contributed by atoms with Crippen LogP contribution in [0.5, 0.6) is 5.75 Å². The summed E-state index contributed by atoms with van der Waals surface area (Å²) in [5.41, 5.74) is 3.88. The molecule has 0 saturated carbocycles. The number of aromatic nitrogens is 3. The standard InChI is InChI=1S/C32H36ClN5O4/c1-3-23(2)38-32(39)37(22-34-38)26-10-8-24(9-11-26)35-16-18-36(19-17-35)25-12-14-27(15-13-25)40-20-28-21-41-31(42-28)29-6-4-5-7-30(29)33/h4-15,22-23,28,31H,3,16-21H2,1-2H3/t23?,28-,31-/m1/s1. The van der Waals surface area contributed by atoms with E-state index in [4.69, 9.17) is 25.8 Å². The SMILES string of the molecule is CCC(C)n1ncn(-c2ccc(N3CCN(c4ccc(OC[C@@H]5CO[C@@H](c6ccccc6Cl)O5)cc4)CC3)cc2)c1=O. The van der Waals surface area contributed by atoms with Gasteiger partial charge in [0.25, 0.3) is 0 Å². The number of benzene rings is 3. The average molecular weight is 590 g/mol. The van der Waals surface area contributed by atoms with Crippen molar-refractivity contribution in [2.24, 2.45) is 0 Å². The van der Waals surface area contributed by atoms with Crippen LogP contribution in [0.15, 0.2) is 83.9 Å². The van der Waals surface area contributed by atoms with Crippen LogP contribution >= 0.6 is 11.6 Å². The molecule has 4 aromatic rings. The highest BCUT2D eigenvalue weighted by Crippen LogP contribution is 2.32. The van der Waals surface area contributed by atoms with Crippen LogP contribution in [0.2, 0.25) is 5.02 Å². The third kappa shape index (κ3) is 6.04. The van der Waals surface area contributed by atoms with Gasteiger partial charge < -0.3 is 24.0 Å². The fourth-order valence-corrected chi connectivity index (χ4v) is 5.55. The summed E-state index contributed by atoms with van der Waals surface area (Å²) < 4.78 is 20.9. The summed E-state index contributed by atoms with van der Waals surface area (Å²) in [6.07, 6.45) is 1.84. The van der Waals surface area contributed by atoms with E-state index in [1.807, 2.05) is 55.5 Å². The summed E-state index contributed by atoms with van der Waals surface area (Å²) >= 11 is 6.28. The quantitative estimate of drug-likeness (QED) is 0.256. The Hall–Kier alpha value is -3.79. The van der Waals surface area contributed by atoms with Crippen LogP contribution < -0.4 is 20.2 Å². The first-order valence-corrected chi connectivity index (χ1v) is 14.9. The molecule has 10 heteroatoms. The van der Waals surface area contributed by atoms with Gasteiger partial charge in [-0.25, -0.2) is 14.0 Å². The summed E-state index contributed by atoms with van der Waals surface area (Å²) in [6, 6.07) is 24.0. The van der Waals surface area contributed by atoms with Crippen molar-refractivity contribution in [3.8, 4) is 11.4 Å². The van der Waals surface area contributed by atoms with Crippen LogP contribution in [0.4, 0.5) is 11.4 Å². The first-order valence-electron chi connectivity index (χ1n) is 14.5. The smallest absolute Gasteiger partial charge is 0.350 e. The maximum Gasteiger partial charge on any atom is 0.350 e. The van der Waals surface area contributed by atoms with Crippen molar-refractivity contribution in [2.45, 2.75) is 38.7 Å². The van der Waals surface area contributed by atoms with Gasteiger partial charge in [-0.3, -0.25) is 0 Å². The molecular formula is C32H36ClN5O4. The van der Waals surface area contributed by atoms with E-state index in [9.17, 15) is 4.79 Å². The number of hydrogen-bond donors (Lipinski definition) is 0. The van der Waals surface area contributed by atoms with Crippen LogP contribution in [0.25, 0.3) is 5.69 Å². The Kier molecular flexibility index (Phi) is 8.51. The molecule has 9 nitrogen and oxygen atoms in total. The first-order chi connectivity index (χ1) is 20.5. The van der Waals surface area contributed by atoms with E-state index in [-0.39, 0.29) is 17.8 Å². The molecule has 2 fully saturated rings. The molecule has 0 bridgehead atoms. The predicted molar refractivity (Wildman–Crippen MR) is 164 cm³/mol. The highest BCUT2D eigenvalue weighted by Gasteiger charge is 2.29. The Bertz CT molecular complexity index is 1530. The molecule has 0 spiro atoms. The van der Waals surface area contributed by atoms with Crippen molar-refractivity contribution in [2.75, 3.05) is 49.2 Å². The monoisotopic (exact) mass is 589 g/mol. The Morgan fingerprint density at radius 2 is 1.55 bits per heavy atom. The molecule has 1 unspecified atom stereocenters. The third-order valence-electron chi connectivity index (χ3n) is 8.02. The number of ether oxygens (including phenoxy) is 3. The van der Waals surface area contributed by atoms with Gasteiger partial charge in [0, 0.05) is 48.1 Å². The summed E-state index contributed by atoms with van der Waals surface area (Å²) in [6.45, 7) is 8.58. The number of rotatable bonds is 9. The van der Waals surface area contributed by atoms with E-state index in [0.29, 0.717) is 18.2 Å². The number of nitrogens with zero attached hydrogens (tertiary/aromatic N) is 5. The minimum atomic E-state index is -0.463. The van der Waals surface area contributed by atoms with Crippen LogP contribution in [0.1, 0.15) is 38.2 Å². The fraction of sp³-hybridized carbons (Fsp3) is 0.375. The lowest BCUT2D eigenvalue weighted by Crippen LogP contribution is -2.46. The summed E-state index contributed by atoms with van der Waals surface area (Å²) in [4.78, 5) is 17.5. The fourth-order valence-electron chi connectivity index (χ4n) is 5.32. The van der Waals surface area contributed by atoms with Gasteiger partial charge >= 0.3 is 5.69 Å². The van der Waals surface area contributed by atoms with Gasteiger partial charge in [0.2, 0.25) is 0 Å². The zero-order chi connectivity index (χ0) is 29.1. The first kappa shape index (κ1) is 28.3. The second kappa shape index (κ2) is 12.6. The highest BCUT2D eigenvalue weighted by molar-refractivity contribution is 6.31. The van der Waals surface area contributed by atoms with Gasteiger partial charge in [-0.05, 0) is 67.9 Å². The summed E-state index contributed by atoms with van der Waals surface area (Å²) in [7, 11) is 0. The van der Waals surface area contributed by atoms with Crippen molar-refractivity contribution in [3.63, 3.8) is 0 Å². The number of hydrogen-bond acceptors (Lipinski definition) is 7. The lowest BCUT2D eigenvalue weighted by molar-refractivity contribution is -0.0658. The van der Waals surface area contributed by atoms with Crippen molar-refractivity contribution >= 4 is 23.0 Å². The lowest BCUT2D eigenvalue weighted by atomic mass is 10.2. The Balaban J connectivity index is 0.984. The largest absolute Gasteiger partial charge is 0.491 e.